The number of likely N-dealkylation sites (N-methyl/N-ethyl adjacent to an activating group) is 1. The second kappa shape index (κ2) is 6.91. The predicted molar refractivity (Wildman–Crippen MR) is 77.9 cm³/mol. The van der Waals surface area contributed by atoms with Crippen LogP contribution in [0.15, 0.2) is 30.3 Å². The van der Waals surface area contributed by atoms with E-state index in [1.54, 1.807) is 0 Å². The molecule has 1 aromatic rings. The Morgan fingerprint density at radius 3 is 2.78 bits per heavy atom. The Labute approximate surface area is 111 Å². The fourth-order valence-electron chi connectivity index (χ4n) is 2.95. The third-order valence-corrected chi connectivity index (χ3v) is 3.92. The van der Waals surface area contributed by atoms with Crippen molar-refractivity contribution in [3.05, 3.63) is 35.9 Å². The molecule has 0 spiro atoms. The molecule has 2 atom stereocenters. The number of hydrogen-bond donors (Lipinski definition) is 1. The fourth-order valence-corrected chi connectivity index (χ4v) is 2.95. The van der Waals surface area contributed by atoms with E-state index in [1.807, 2.05) is 0 Å². The van der Waals surface area contributed by atoms with Crippen LogP contribution in [0.5, 0.6) is 0 Å². The third kappa shape index (κ3) is 4.11. The van der Waals surface area contributed by atoms with E-state index in [9.17, 15) is 0 Å². The van der Waals surface area contributed by atoms with Gasteiger partial charge in [-0.15, -0.1) is 0 Å². The summed E-state index contributed by atoms with van der Waals surface area (Å²) in [5.41, 5.74) is 1.45. The number of rotatable bonds is 5. The summed E-state index contributed by atoms with van der Waals surface area (Å²) in [5, 5.41) is 3.50. The number of hydrogen-bond acceptors (Lipinski definition) is 2. The summed E-state index contributed by atoms with van der Waals surface area (Å²) in [7, 11) is 2.26. The van der Waals surface area contributed by atoms with Crippen molar-refractivity contribution in [2.45, 2.75) is 25.7 Å². The zero-order valence-electron chi connectivity index (χ0n) is 11.7. The Hall–Kier alpha value is -0.860. The Balaban J connectivity index is 1.78. The van der Waals surface area contributed by atoms with Crippen molar-refractivity contribution in [2.24, 2.45) is 5.92 Å². The molecule has 1 heterocycles. The quantitative estimate of drug-likeness (QED) is 0.859. The minimum Gasteiger partial charge on any atom is -0.316 e. The molecule has 0 aromatic heterocycles. The van der Waals surface area contributed by atoms with Gasteiger partial charge in [0, 0.05) is 13.1 Å². The molecule has 100 valence electrons. The zero-order chi connectivity index (χ0) is 12.8. The Kier molecular flexibility index (Phi) is 5.21. The highest BCUT2D eigenvalue weighted by atomic mass is 15.1. The van der Waals surface area contributed by atoms with Gasteiger partial charge >= 0.3 is 0 Å². The van der Waals surface area contributed by atoms with E-state index >= 15 is 0 Å². The first-order chi connectivity index (χ1) is 8.75. The van der Waals surface area contributed by atoms with E-state index < -0.39 is 0 Å². The summed E-state index contributed by atoms with van der Waals surface area (Å²) in [5.74, 6) is 1.46. The van der Waals surface area contributed by atoms with E-state index in [2.05, 4.69) is 54.5 Å². The van der Waals surface area contributed by atoms with Gasteiger partial charge in [-0.05, 0) is 50.4 Å². The highest BCUT2D eigenvalue weighted by molar-refractivity contribution is 5.18. The molecule has 0 amide bonds. The van der Waals surface area contributed by atoms with Crippen LogP contribution in [0, 0.1) is 5.92 Å². The highest BCUT2D eigenvalue weighted by Gasteiger charge is 2.16. The number of nitrogens with one attached hydrogen (secondary N) is 1. The molecule has 2 unspecified atom stereocenters. The summed E-state index contributed by atoms with van der Waals surface area (Å²) < 4.78 is 0. The Bertz CT molecular complexity index is 330. The van der Waals surface area contributed by atoms with Crippen LogP contribution in [0.4, 0.5) is 0 Å². The molecule has 0 saturated carbocycles. The smallest absolute Gasteiger partial charge is 0.00447 e. The van der Waals surface area contributed by atoms with Gasteiger partial charge in [-0.3, -0.25) is 0 Å². The van der Waals surface area contributed by atoms with Crippen LogP contribution in [0.25, 0.3) is 0 Å². The van der Waals surface area contributed by atoms with Gasteiger partial charge in [-0.25, -0.2) is 0 Å². The average Bonchev–Trinajstić information content (AvgIpc) is 2.40. The molecule has 2 heteroatoms. The van der Waals surface area contributed by atoms with E-state index in [1.165, 1.54) is 38.0 Å². The maximum Gasteiger partial charge on any atom is 0.00447 e. The largest absolute Gasteiger partial charge is 0.316 e. The van der Waals surface area contributed by atoms with Crippen molar-refractivity contribution in [3.63, 3.8) is 0 Å². The van der Waals surface area contributed by atoms with Gasteiger partial charge in [0.05, 0.1) is 0 Å². The van der Waals surface area contributed by atoms with Crippen LogP contribution in [0.3, 0.4) is 0 Å². The first-order valence-corrected chi connectivity index (χ1v) is 7.20. The van der Waals surface area contributed by atoms with Crippen LogP contribution in [0.2, 0.25) is 0 Å². The maximum atomic E-state index is 3.50. The van der Waals surface area contributed by atoms with Gasteiger partial charge < -0.3 is 10.2 Å². The van der Waals surface area contributed by atoms with Gasteiger partial charge in [0.25, 0.3) is 0 Å². The van der Waals surface area contributed by atoms with Crippen LogP contribution in [-0.4, -0.2) is 38.1 Å². The standard InChI is InChI=1S/C16H26N2/c1-14(16-8-4-3-5-9-16)12-18(2)13-15-7-6-10-17-11-15/h3-5,8-9,14-15,17H,6-7,10-13H2,1-2H3. The minimum atomic E-state index is 0.618. The topological polar surface area (TPSA) is 15.3 Å². The first kappa shape index (κ1) is 13.6. The lowest BCUT2D eigenvalue weighted by atomic mass is 9.97. The molecule has 0 aliphatic carbocycles. The van der Waals surface area contributed by atoms with E-state index in [0.717, 1.165) is 12.5 Å². The van der Waals surface area contributed by atoms with Gasteiger partial charge in [-0.2, -0.15) is 0 Å². The molecule has 2 nitrogen and oxygen atoms in total. The molecule has 0 radical (unpaired) electrons. The van der Waals surface area contributed by atoms with Crippen molar-refractivity contribution in [1.82, 2.24) is 10.2 Å². The molecule has 1 fully saturated rings. The van der Waals surface area contributed by atoms with Crippen LogP contribution in [0.1, 0.15) is 31.2 Å². The Morgan fingerprint density at radius 1 is 1.33 bits per heavy atom. The number of benzene rings is 1. The summed E-state index contributed by atoms with van der Waals surface area (Å²) in [4.78, 5) is 2.50. The van der Waals surface area contributed by atoms with Crippen molar-refractivity contribution in [2.75, 3.05) is 33.2 Å². The molecule has 1 saturated heterocycles. The van der Waals surface area contributed by atoms with Crippen molar-refractivity contribution < 1.29 is 0 Å². The van der Waals surface area contributed by atoms with Gasteiger partial charge in [0.1, 0.15) is 0 Å². The van der Waals surface area contributed by atoms with Gasteiger partial charge in [0.2, 0.25) is 0 Å². The number of piperidine rings is 1. The SMILES string of the molecule is CC(CN(C)CC1CCCNC1)c1ccccc1. The highest BCUT2D eigenvalue weighted by Crippen LogP contribution is 2.17. The number of nitrogens with zero attached hydrogens (tertiary/aromatic N) is 1. The molecule has 1 aromatic carbocycles. The fraction of sp³-hybridized carbons (Fsp3) is 0.625. The van der Waals surface area contributed by atoms with Crippen molar-refractivity contribution in [3.8, 4) is 0 Å². The van der Waals surface area contributed by atoms with E-state index in [0.29, 0.717) is 5.92 Å². The van der Waals surface area contributed by atoms with Crippen molar-refractivity contribution in [1.29, 1.82) is 0 Å². The molecule has 0 bridgehead atoms. The monoisotopic (exact) mass is 246 g/mol. The second-order valence-corrected chi connectivity index (χ2v) is 5.75. The predicted octanol–water partition coefficient (Wildman–Crippen LogP) is 2.72. The van der Waals surface area contributed by atoms with Crippen LogP contribution >= 0.6 is 0 Å². The molecule has 1 aliphatic rings. The van der Waals surface area contributed by atoms with E-state index in [4.69, 9.17) is 0 Å². The molecular weight excluding hydrogens is 220 g/mol. The summed E-state index contributed by atoms with van der Waals surface area (Å²) >= 11 is 0. The molecular formula is C16H26N2. The summed E-state index contributed by atoms with van der Waals surface area (Å²) in [6.07, 6.45) is 2.73. The minimum absolute atomic E-state index is 0.618. The molecule has 1 N–H and O–H groups in total. The van der Waals surface area contributed by atoms with Gasteiger partial charge in [-0.1, -0.05) is 37.3 Å². The lowest BCUT2D eigenvalue weighted by Crippen LogP contribution is -2.37. The average molecular weight is 246 g/mol. The molecule has 18 heavy (non-hydrogen) atoms. The normalized spacial score (nSPS) is 22.1. The lowest BCUT2D eigenvalue weighted by Gasteiger charge is -2.29. The zero-order valence-corrected chi connectivity index (χ0v) is 11.7. The summed E-state index contributed by atoms with van der Waals surface area (Å²) in [6, 6.07) is 10.8. The maximum absolute atomic E-state index is 3.50. The lowest BCUT2D eigenvalue weighted by molar-refractivity contribution is 0.235. The third-order valence-electron chi connectivity index (χ3n) is 3.92. The second-order valence-electron chi connectivity index (χ2n) is 5.75. The van der Waals surface area contributed by atoms with Crippen LogP contribution in [-0.2, 0) is 0 Å². The van der Waals surface area contributed by atoms with Crippen molar-refractivity contribution >= 4 is 0 Å². The molecule has 1 aliphatic heterocycles. The van der Waals surface area contributed by atoms with Crippen LogP contribution < -0.4 is 5.32 Å². The molecule has 2 rings (SSSR count). The Morgan fingerprint density at radius 2 is 2.11 bits per heavy atom. The van der Waals surface area contributed by atoms with E-state index in [-0.39, 0.29) is 0 Å². The summed E-state index contributed by atoms with van der Waals surface area (Å²) in [6.45, 7) is 7.11. The van der Waals surface area contributed by atoms with Gasteiger partial charge in [0.15, 0.2) is 0 Å². The first-order valence-electron chi connectivity index (χ1n) is 7.20.